The molecule has 29 heavy (non-hydrogen) atoms. The second-order valence-corrected chi connectivity index (χ2v) is 7.57. The van der Waals surface area contributed by atoms with Gasteiger partial charge in [-0.3, -0.25) is 9.20 Å². The predicted octanol–water partition coefficient (Wildman–Crippen LogP) is 4.84. The molecule has 1 aliphatic heterocycles. The number of carbonyl (C=O) groups is 1. The summed E-state index contributed by atoms with van der Waals surface area (Å²) in [5.41, 5.74) is 1.35. The van der Waals surface area contributed by atoms with Gasteiger partial charge in [0.15, 0.2) is 0 Å². The number of pyridine rings is 1. The predicted molar refractivity (Wildman–Crippen MR) is 104 cm³/mol. The molecule has 152 valence electrons. The van der Waals surface area contributed by atoms with Crippen LogP contribution in [0.4, 0.5) is 13.2 Å². The molecule has 1 aliphatic rings. The van der Waals surface area contributed by atoms with Gasteiger partial charge in [-0.25, -0.2) is 4.98 Å². The van der Waals surface area contributed by atoms with Crippen molar-refractivity contribution in [2.45, 2.75) is 31.9 Å². The molecule has 0 N–H and O–H groups in total. The number of halogens is 3. The van der Waals surface area contributed by atoms with Crippen molar-refractivity contribution in [1.82, 2.24) is 14.3 Å². The maximum atomic E-state index is 13.0. The Bertz CT molecular complexity index is 1010. The van der Waals surface area contributed by atoms with Crippen molar-refractivity contribution in [2.75, 3.05) is 13.1 Å². The molecule has 3 heterocycles. The zero-order valence-electron chi connectivity index (χ0n) is 15.9. The number of carbonyl (C=O) groups excluding carboxylic acids is 1. The summed E-state index contributed by atoms with van der Waals surface area (Å²) >= 11 is 0. The van der Waals surface area contributed by atoms with E-state index >= 15 is 0 Å². The van der Waals surface area contributed by atoms with Crippen LogP contribution in [0.2, 0.25) is 0 Å². The van der Waals surface area contributed by atoms with Crippen LogP contribution in [0.25, 0.3) is 5.65 Å². The van der Waals surface area contributed by atoms with Gasteiger partial charge >= 0.3 is 6.18 Å². The largest absolute Gasteiger partial charge is 0.416 e. The lowest BCUT2D eigenvalue weighted by Crippen LogP contribution is -2.40. The molecule has 1 fully saturated rings. The smallest absolute Gasteiger partial charge is 0.337 e. The van der Waals surface area contributed by atoms with Crippen LogP contribution >= 0.6 is 0 Å². The van der Waals surface area contributed by atoms with Crippen molar-refractivity contribution in [3.63, 3.8) is 0 Å². The highest BCUT2D eigenvalue weighted by molar-refractivity contribution is 5.93. The maximum absolute atomic E-state index is 13.0. The fourth-order valence-electron chi connectivity index (χ4n) is 4.01. The zero-order valence-corrected chi connectivity index (χ0v) is 15.9. The Balaban J connectivity index is 1.40. The van der Waals surface area contributed by atoms with Gasteiger partial charge in [0.1, 0.15) is 11.3 Å². The molecule has 1 amide bonds. The Hall–Kier alpha value is -2.83. The number of amides is 1. The monoisotopic (exact) mass is 401 g/mol. The maximum Gasteiger partial charge on any atom is 0.416 e. The third-order valence-electron chi connectivity index (χ3n) is 5.54. The van der Waals surface area contributed by atoms with E-state index in [0.29, 0.717) is 30.8 Å². The van der Waals surface area contributed by atoms with Crippen LogP contribution in [-0.2, 0) is 12.6 Å². The van der Waals surface area contributed by atoms with Crippen LogP contribution in [0.1, 0.15) is 40.9 Å². The average molecular weight is 401 g/mol. The highest BCUT2D eigenvalue weighted by atomic mass is 19.4. The summed E-state index contributed by atoms with van der Waals surface area (Å²) in [6.07, 6.45) is 2.32. The van der Waals surface area contributed by atoms with Gasteiger partial charge in [0.2, 0.25) is 0 Å². The molecular formula is C22H22F3N3O. The van der Waals surface area contributed by atoms with Crippen LogP contribution in [0, 0.1) is 5.92 Å². The number of rotatable bonds is 4. The highest BCUT2D eigenvalue weighted by Gasteiger charge is 2.30. The minimum atomic E-state index is -4.32. The lowest BCUT2D eigenvalue weighted by atomic mass is 9.91. The van der Waals surface area contributed by atoms with Gasteiger partial charge in [-0.15, -0.1) is 0 Å². The molecule has 0 radical (unpaired) electrons. The summed E-state index contributed by atoms with van der Waals surface area (Å²) in [5.74, 6) is 0.230. The molecule has 0 bridgehead atoms. The highest BCUT2D eigenvalue weighted by Crippen LogP contribution is 2.30. The van der Waals surface area contributed by atoms with E-state index in [0.717, 1.165) is 31.0 Å². The summed E-state index contributed by atoms with van der Waals surface area (Å²) < 4.78 is 40.5. The fraction of sp³-hybridized carbons (Fsp3) is 0.364. The summed E-state index contributed by atoms with van der Waals surface area (Å²) in [6.45, 7) is 1.32. The molecule has 7 heteroatoms. The van der Waals surface area contributed by atoms with E-state index in [2.05, 4.69) is 4.98 Å². The normalized spacial score (nSPS) is 17.6. The lowest BCUT2D eigenvalue weighted by Gasteiger charge is -2.32. The molecular weight excluding hydrogens is 379 g/mol. The van der Waals surface area contributed by atoms with E-state index in [1.54, 1.807) is 16.7 Å². The van der Waals surface area contributed by atoms with E-state index in [1.807, 2.05) is 29.3 Å². The number of hydrogen-bond acceptors (Lipinski definition) is 2. The Kier molecular flexibility index (Phi) is 5.30. The molecule has 0 unspecified atom stereocenters. The molecule has 3 aromatic rings. The number of piperidine rings is 1. The summed E-state index contributed by atoms with van der Waals surface area (Å²) in [7, 11) is 0. The minimum absolute atomic E-state index is 0.0486. The Morgan fingerprint density at radius 1 is 1.17 bits per heavy atom. The number of imidazole rings is 1. The van der Waals surface area contributed by atoms with Crippen LogP contribution < -0.4 is 0 Å². The minimum Gasteiger partial charge on any atom is -0.337 e. The fourth-order valence-corrected chi connectivity index (χ4v) is 4.01. The first-order chi connectivity index (χ1) is 13.9. The van der Waals surface area contributed by atoms with E-state index in [-0.39, 0.29) is 11.8 Å². The van der Waals surface area contributed by atoms with Crippen LogP contribution in [0.5, 0.6) is 0 Å². The SMILES string of the molecule is O=C(c1cnc2ccccn12)N1CCC[C@H](CCc2cccc(C(F)(F)F)c2)C1. The van der Waals surface area contributed by atoms with Crippen molar-refractivity contribution >= 4 is 11.6 Å². The molecule has 0 aliphatic carbocycles. The molecule has 1 saturated heterocycles. The number of nitrogens with zero attached hydrogens (tertiary/aromatic N) is 3. The third kappa shape index (κ3) is 4.28. The topological polar surface area (TPSA) is 37.6 Å². The molecule has 1 atom stereocenters. The van der Waals surface area contributed by atoms with Crippen molar-refractivity contribution in [2.24, 2.45) is 5.92 Å². The van der Waals surface area contributed by atoms with Gasteiger partial charge in [0.05, 0.1) is 11.8 Å². The first-order valence-corrected chi connectivity index (χ1v) is 9.79. The number of hydrogen-bond donors (Lipinski definition) is 0. The number of aryl methyl sites for hydroxylation is 1. The Morgan fingerprint density at radius 3 is 2.86 bits per heavy atom. The molecule has 0 saturated carbocycles. The first-order valence-electron chi connectivity index (χ1n) is 9.79. The first kappa shape index (κ1) is 19.5. The van der Waals surface area contributed by atoms with Crippen molar-refractivity contribution < 1.29 is 18.0 Å². The van der Waals surface area contributed by atoms with Crippen molar-refractivity contribution in [1.29, 1.82) is 0 Å². The van der Waals surface area contributed by atoms with Crippen LogP contribution in [0.15, 0.2) is 54.9 Å². The van der Waals surface area contributed by atoms with Gasteiger partial charge in [0, 0.05) is 19.3 Å². The number of aromatic nitrogens is 2. The van der Waals surface area contributed by atoms with Crippen molar-refractivity contribution in [3.05, 3.63) is 71.7 Å². The summed E-state index contributed by atoms with van der Waals surface area (Å²) in [6, 6.07) is 11.1. The summed E-state index contributed by atoms with van der Waals surface area (Å²) in [5, 5.41) is 0. The van der Waals surface area contributed by atoms with Gasteiger partial charge in [-0.1, -0.05) is 24.3 Å². The standard InChI is InChI=1S/C22H22F3N3O/c23-22(24,25)18-7-3-5-16(13-18)9-10-17-6-4-11-27(15-17)21(29)19-14-26-20-8-1-2-12-28(19)20/h1-3,5,7-8,12-14,17H,4,6,9-11,15H2/t17-/m1/s1. The van der Waals surface area contributed by atoms with Crippen LogP contribution in [-0.4, -0.2) is 33.3 Å². The van der Waals surface area contributed by atoms with E-state index in [9.17, 15) is 18.0 Å². The Labute approximate surface area is 167 Å². The quantitative estimate of drug-likeness (QED) is 0.628. The van der Waals surface area contributed by atoms with Gasteiger partial charge < -0.3 is 4.90 Å². The number of alkyl halides is 3. The molecule has 4 nitrogen and oxygen atoms in total. The molecule has 0 spiro atoms. The van der Waals surface area contributed by atoms with Gasteiger partial charge in [0.25, 0.3) is 5.91 Å². The number of benzene rings is 1. The van der Waals surface area contributed by atoms with Crippen molar-refractivity contribution in [3.8, 4) is 0 Å². The molecule has 1 aromatic carbocycles. The third-order valence-corrected chi connectivity index (χ3v) is 5.54. The zero-order chi connectivity index (χ0) is 20.4. The van der Waals surface area contributed by atoms with Gasteiger partial charge in [-0.05, 0) is 55.4 Å². The Morgan fingerprint density at radius 2 is 2.03 bits per heavy atom. The summed E-state index contributed by atoms with van der Waals surface area (Å²) in [4.78, 5) is 19.1. The second kappa shape index (κ2) is 7.89. The lowest BCUT2D eigenvalue weighted by molar-refractivity contribution is -0.137. The number of fused-ring (bicyclic) bond motifs is 1. The average Bonchev–Trinajstić information content (AvgIpc) is 3.16. The molecule has 4 rings (SSSR count). The van der Waals surface area contributed by atoms with Gasteiger partial charge in [-0.2, -0.15) is 13.2 Å². The molecule has 2 aromatic heterocycles. The van der Waals surface area contributed by atoms with E-state index in [4.69, 9.17) is 0 Å². The van der Waals surface area contributed by atoms with E-state index < -0.39 is 11.7 Å². The second-order valence-electron chi connectivity index (χ2n) is 7.57. The number of likely N-dealkylation sites (tertiary alicyclic amines) is 1. The van der Waals surface area contributed by atoms with E-state index in [1.165, 1.54) is 12.1 Å². The van der Waals surface area contributed by atoms with Crippen LogP contribution in [0.3, 0.4) is 0 Å².